The predicted molar refractivity (Wildman–Crippen MR) is 50.7 cm³/mol. The van der Waals surface area contributed by atoms with Gasteiger partial charge in [-0.25, -0.2) is 0 Å². The molecule has 0 fully saturated rings. The van der Waals surface area contributed by atoms with Gasteiger partial charge in [0.25, 0.3) is 0 Å². The molecule has 1 N–H and O–H groups in total. The fourth-order valence-electron chi connectivity index (χ4n) is 0.521. The summed E-state index contributed by atoms with van der Waals surface area (Å²) in [6.45, 7) is 2.09. The van der Waals surface area contributed by atoms with Gasteiger partial charge in [0.05, 0.1) is 5.94 Å². The summed E-state index contributed by atoms with van der Waals surface area (Å²) >= 11 is 1.60. The van der Waals surface area contributed by atoms with E-state index in [4.69, 9.17) is 13.3 Å². The highest BCUT2D eigenvalue weighted by atomic mass is 32.2. The van der Waals surface area contributed by atoms with Crippen LogP contribution < -0.4 is 0 Å². The van der Waals surface area contributed by atoms with Crippen LogP contribution >= 0.6 is 11.8 Å². The summed E-state index contributed by atoms with van der Waals surface area (Å²) in [5.74, 6) is 1.43. The lowest BCUT2D eigenvalue weighted by atomic mass is 10.6. The summed E-state index contributed by atoms with van der Waals surface area (Å²) in [5, 5.41) is 0. The molecule has 0 unspecified atom stereocenters. The first kappa shape index (κ1) is 12.4. The lowest BCUT2D eigenvalue weighted by molar-refractivity contribution is 0.0374. The van der Waals surface area contributed by atoms with E-state index in [9.17, 15) is 4.80 Å². The molecule has 0 atom stereocenters. The Hall–Kier alpha value is 0.407. The van der Waals surface area contributed by atoms with Gasteiger partial charge in [-0.1, -0.05) is 6.92 Å². The summed E-state index contributed by atoms with van der Waals surface area (Å²) in [4.78, 5) is 9.39. The molecule has 4 nitrogen and oxygen atoms in total. The van der Waals surface area contributed by atoms with Crippen molar-refractivity contribution < 1.29 is 18.1 Å². The third-order valence-electron chi connectivity index (χ3n) is 1.19. The van der Waals surface area contributed by atoms with Crippen LogP contribution in [0.4, 0.5) is 0 Å². The van der Waals surface area contributed by atoms with Gasteiger partial charge in [0.2, 0.25) is 0 Å². The lowest BCUT2D eigenvalue weighted by Crippen LogP contribution is -2.44. The molecule has 0 rings (SSSR count). The maximum atomic E-state index is 9.39. The molecule has 0 saturated heterocycles. The molecule has 0 aromatic heterocycles. The number of thioether (sulfide) groups is 1. The Labute approximate surface area is 78.7 Å². The zero-order valence-electron chi connectivity index (χ0n) is 7.70. The van der Waals surface area contributed by atoms with E-state index in [-0.39, 0.29) is 0 Å². The normalized spacial score (nSPS) is 12.0. The van der Waals surface area contributed by atoms with E-state index in [0.29, 0.717) is 5.94 Å². The van der Waals surface area contributed by atoms with Crippen molar-refractivity contribution in [2.75, 3.05) is 25.9 Å². The highest BCUT2D eigenvalue weighted by Crippen LogP contribution is 2.08. The second kappa shape index (κ2) is 6.87. The van der Waals surface area contributed by atoms with Crippen molar-refractivity contribution >= 4 is 20.8 Å². The van der Waals surface area contributed by atoms with Crippen LogP contribution in [0, 0.1) is 0 Å². The fourth-order valence-corrected chi connectivity index (χ4v) is 2.26. The largest absolute Gasteiger partial charge is 0.677 e. The number of rotatable bonds is 7. The Kier molecular flexibility index (Phi) is 7.11. The summed E-state index contributed by atoms with van der Waals surface area (Å²) in [6.07, 6.45) is 1.09. The van der Waals surface area contributed by atoms with Gasteiger partial charge in [-0.2, -0.15) is 0 Å². The molecular formula is C6H16O4SSi. The number of hydrogen-bond donors (Lipinski definition) is 1. The van der Waals surface area contributed by atoms with E-state index < -0.39 is 9.05 Å². The van der Waals surface area contributed by atoms with E-state index in [1.807, 2.05) is 0 Å². The van der Waals surface area contributed by atoms with E-state index in [1.165, 1.54) is 14.2 Å². The highest BCUT2D eigenvalue weighted by Gasteiger charge is 2.38. The van der Waals surface area contributed by atoms with Crippen molar-refractivity contribution in [2.24, 2.45) is 0 Å². The minimum absolute atomic E-state index is 0.415. The van der Waals surface area contributed by atoms with Crippen LogP contribution in [0.5, 0.6) is 0 Å². The van der Waals surface area contributed by atoms with Crippen LogP contribution in [0.25, 0.3) is 0 Å². The molecule has 0 aliphatic rings. The fraction of sp³-hybridized carbons (Fsp3) is 1.00. The first-order valence-electron chi connectivity index (χ1n) is 3.73. The summed E-state index contributed by atoms with van der Waals surface area (Å²) < 4.78 is 14.5. The van der Waals surface area contributed by atoms with E-state index in [2.05, 4.69) is 6.92 Å². The summed E-state index contributed by atoms with van der Waals surface area (Å²) in [7, 11) is -0.518. The zero-order valence-corrected chi connectivity index (χ0v) is 9.52. The smallest absolute Gasteiger partial charge is 0.367 e. The molecule has 0 bridgehead atoms. The van der Waals surface area contributed by atoms with Crippen LogP contribution in [0.15, 0.2) is 0 Å². The van der Waals surface area contributed by atoms with Gasteiger partial charge in [-0.3, -0.25) is 0 Å². The molecule has 0 radical (unpaired) electrons. The zero-order chi connectivity index (χ0) is 9.45. The average molecular weight is 212 g/mol. The molecule has 0 aromatic rings. The second-order valence-corrected chi connectivity index (χ2v) is 5.31. The summed E-state index contributed by atoms with van der Waals surface area (Å²) in [6, 6.07) is 0. The Morgan fingerprint density at radius 1 is 1.33 bits per heavy atom. The number of hydrogen-bond acceptors (Lipinski definition) is 5. The molecule has 0 spiro atoms. The predicted octanol–water partition coefficient (Wildman–Crippen LogP) is 0.824. The van der Waals surface area contributed by atoms with Crippen LogP contribution in [0.2, 0.25) is 0 Å². The van der Waals surface area contributed by atoms with Crippen LogP contribution in [0.3, 0.4) is 0 Å². The topological polar surface area (TPSA) is 47.9 Å². The Morgan fingerprint density at radius 3 is 2.33 bits per heavy atom. The Morgan fingerprint density at radius 2 is 1.92 bits per heavy atom. The molecule has 0 amide bonds. The molecule has 0 heterocycles. The third kappa shape index (κ3) is 5.12. The van der Waals surface area contributed by atoms with Gasteiger partial charge in [-0.15, -0.1) is 11.8 Å². The standard InChI is InChI=1S/C6H16O4SSi/c1-4-5-11-6-10-12(7,8-2)9-3/h7H,4-6H2,1-3H3. The van der Waals surface area contributed by atoms with Crippen molar-refractivity contribution in [3.63, 3.8) is 0 Å². The van der Waals surface area contributed by atoms with Crippen molar-refractivity contribution in [3.8, 4) is 0 Å². The molecule has 0 aliphatic heterocycles. The second-order valence-electron chi connectivity index (χ2n) is 2.10. The van der Waals surface area contributed by atoms with Crippen LogP contribution in [-0.2, 0) is 13.3 Å². The molecule has 74 valence electrons. The molecule has 0 aliphatic carbocycles. The molecule has 6 heteroatoms. The lowest BCUT2D eigenvalue weighted by Gasteiger charge is -2.18. The van der Waals surface area contributed by atoms with E-state index in [0.717, 1.165) is 12.2 Å². The Balaban J connectivity index is 3.45. The van der Waals surface area contributed by atoms with Crippen LogP contribution in [0.1, 0.15) is 13.3 Å². The van der Waals surface area contributed by atoms with E-state index >= 15 is 0 Å². The molecule has 0 aromatic carbocycles. The minimum Gasteiger partial charge on any atom is -0.367 e. The molecular weight excluding hydrogens is 196 g/mol. The Bertz CT molecular complexity index is 110. The van der Waals surface area contributed by atoms with Gasteiger partial charge < -0.3 is 18.1 Å². The summed E-state index contributed by atoms with van der Waals surface area (Å²) in [5.41, 5.74) is 0. The van der Waals surface area contributed by atoms with Gasteiger partial charge >= 0.3 is 9.05 Å². The minimum atomic E-state index is -3.27. The van der Waals surface area contributed by atoms with Crippen molar-refractivity contribution in [2.45, 2.75) is 13.3 Å². The first-order valence-corrected chi connectivity index (χ1v) is 6.55. The maximum absolute atomic E-state index is 9.39. The van der Waals surface area contributed by atoms with Crippen molar-refractivity contribution in [3.05, 3.63) is 0 Å². The van der Waals surface area contributed by atoms with Gasteiger partial charge in [-0.05, 0) is 12.2 Å². The van der Waals surface area contributed by atoms with E-state index in [1.54, 1.807) is 11.8 Å². The van der Waals surface area contributed by atoms with Gasteiger partial charge in [0.1, 0.15) is 0 Å². The van der Waals surface area contributed by atoms with Gasteiger partial charge in [0.15, 0.2) is 0 Å². The average Bonchev–Trinajstić information content (AvgIpc) is 2.12. The monoisotopic (exact) mass is 212 g/mol. The van der Waals surface area contributed by atoms with Crippen LogP contribution in [-0.4, -0.2) is 39.8 Å². The maximum Gasteiger partial charge on any atom is 0.677 e. The molecule has 0 saturated carbocycles. The third-order valence-corrected chi connectivity index (χ3v) is 3.92. The quantitative estimate of drug-likeness (QED) is 0.385. The van der Waals surface area contributed by atoms with Crippen molar-refractivity contribution in [1.29, 1.82) is 0 Å². The molecule has 12 heavy (non-hydrogen) atoms. The highest BCUT2D eigenvalue weighted by molar-refractivity contribution is 7.99. The van der Waals surface area contributed by atoms with Gasteiger partial charge in [0, 0.05) is 14.2 Å². The van der Waals surface area contributed by atoms with Crippen molar-refractivity contribution in [1.82, 2.24) is 0 Å². The first-order chi connectivity index (χ1) is 5.68. The SMILES string of the molecule is CCCSCO[Si](O)(OC)OC.